The molecule has 5 nitrogen and oxygen atoms in total. The molecule has 0 saturated carbocycles. The van der Waals surface area contributed by atoms with E-state index in [0.29, 0.717) is 16.1 Å². The van der Waals surface area contributed by atoms with Gasteiger partial charge in [-0.2, -0.15) is 5.26 Å². The average molecular weight is 384 g/mol. The van der Waals surface area contributed by atoms with E-state index in [9.17, 15) is 8.42 Å². The van der Waals surface area contributed by atoms with Crippen LogP contribution >= 0.6 is 11.6 Å². The second-order valence-electron chi connectivity index (χ2n) is 5.78. The van der Waals surface area contributed by atoms with Gasteiger partial charge in [-0.3, -0.25) is 4.98 Å². The van der Waals surface area contributed by atoms with Crippen molar-refractivity contribution < 1.29 is 8.42 Å². The van der Waals surface area contributed by atoms with Gasteiger partial charge in [-0.05, 0) is 34.9 Å². The van der Waals surface area contributed by atoms with E-state index in [1.807, 2.05) is 24.3 Å². The number of halogens is 1. The highest BCUT2D eigenvalue weighted by Gasteiger charge is 2.08. The molecule has 130 valence electrons. The van der Waals surface area contributed by atoms with Crippen LogP contribution in [-0.4, -0.2) is 13.4 Å². The lowest BCUT2D eigenvalue weighted by Crippen LogP contribution is -2.14. The molecule has 1 heterocycles. The number of hydrogen-bond donors (Lipinski definition) is 1. The van der Waals surface area contributed by atoms with Crippen LogP contribution in [0.3, 0.4) is 0 Å². The maximum atomic E-state index is 11.3. The summed E-state index contributed by atoms with van der Waals surface area (Å²) in [4.78, 5) is 4.26. The highest BCUT2D eigenvalue weighted by Crippen LogP contribution is 2.28. The van der Waals surface area contributed by atoms with E-state index in [0.717, 1.165) is 22.3 Å². The highest BCUT2D eigenvalue weighted by atomic mass is 35.5. The maximum Gasteiger partial charge on any atom is 0.213 e. The molecule has 0 amide bonds. The number of hydrogen-bond acceptors (Lipinski definition) is 4. The molecule has 3 aromatic rings. The van der Waals surface area contributed by atoms with Crippen LogP contribution in [0.2, 0.25) is 5.02 Å². The van der Waals surface area contributed by atoms with E-state index in [4.69, 9.17) is 22.0 Å². The Morgan fingerprint density at radius 3 is 2.31 bits per heavy atom. The van der Waals surface area contributed by atoms with Gasteiger partial charge in [0.1, 0.15) is 6.07 Å². The monoisotopic (exact) mass is 383 g/mol. The van der Waals surface area contributed by atoms with Crippen molar-refractivity contribution in [2.75, 3.05) is 0 Å². The Kier molecular flexibility index (Phi) is 5.05. The summed E-state index contributed by atoms with van der Waals surface area (Å²) in [5.74, 6) is -0.223. The fourth-order valence-electron chi connectivity index (χ4n) is 2.61. The lowest BCUT2D eigenvalue weighted by Gasteiger charge is -2.08. The Hall–Kier alpha value is -2.72. The van der Waals surface area contributed by atoms with Gasteiger partial charge in [-0.15, -0.1) is 0 Å². The third-order valence-electron chi connectivity index (χ3n) is 3.79. The first kappa shape index (κ1) is 18.1. The van der Waals surface area contributed by atoms with Gasteiger partial charge >= 0.3 is 0 Å². The number of pyridine rings is 1. The van der Waals surface area contributed by atoms with E-state index in [1.54, 1.807) is 42.7 Å². The molecule has 0 aliphatic carbocycles. The minimum atomic E-state index is -3.60. The Labute approximate surface area is 156 Å². The molecule has 0 atom stereocenters. The summed E-state index contributed by atoms with van der Waals surface area (Å²) in [7, 11) is -3.60. The second kappa shape index (κ2) is 7.26. The first-order valence-electron chi connectivity index (χ1n) is 7.60. The molecule has 0 bridgehead atoms. The standard InChI is InChI=1S/C19H14ClN3O2S/c20-19-8-15(4-5-16(19)9-21)18-7-17(10-23-11-18)14-3-1-2-13(6-14)12-26(22,24)25/h1-8,10-11H,12H2,(H2,22,24,25). The summed E-state index contributed by atoms with van der Waals surface area (Å²) in [6.07, 6.45) is 3.40. The minimum absolute atomic E-state index is 0.223. The molecule has 0 aliphatic heterocycles. The zero-order valence-corrected chi connectivity index (χ0v) is 15.1. The number of aromatic nitrogens is 1. The smallest absolute Gasteiger partial charge is 0.213 e. The molecule has 0 unspecified atom stereocenters. The average Bonchev–Trinajstić information content (AvgIpc) is 2.60. The largest absolute Gasteiger partial charge is 0.263 e. The molecule has 3 rings (SSSR count). The van der Waals surface area contributed by atoms with Crippen LogP contribution in [0.25, 0.3) is 22.3 Å². The fourth-order valence-corrected chi connectivity index (χ4v) is 3.48. The quantitative estimate of drug-likeness (QED) is 0.742. The molecular weight excluding hydrogens is 370 g/mol. The summed E-state index contributed by atoms with van der Waals surface area (Å²) < 4.78 is 22.6. The van der Waals surface area contributed by atoms with Crippen LogP contribution in [-0.2, 0) is 15.8 Å². The summed E-state index contributed by atoms with van der Waals surface area (Å²) in [6.45, 7) is 0. The van der Waals surface area contributed by atoms with Crippen molar-refractivity contribution in [3.8, 4) is 28.3 Å². The highest BCUT2D eigenvalue weighted by molar-refractivity contribution is 7.88. The van der Waals surface area contributed by atoms with Gasteiger partial charge in [-0.25, -0.2) is 13.6 Å². The lowest BCUT2D eigenvalue weighted by atomic mass is 10.0. The number of nitriles is 1. The predicted octanol–water partition coefficient (Wildman–Crippen LogP) is 3.73. The van der Waals surface area contributed by atoms with Crippen molar-refractivity contribution in [2.45, 2.75) is 5.75 Å². The first-order valence-corrected chi connectivity index (χ1v) is 9.70. The van der Waals surface area contributed by atoms with Gasteiger partial charge in [0.2, 0.25) is 10.0 Å². The molecular formula is C19H14ClN3O2S. The molecule has 26 heavy (non-hydrogen) atoms. The van der Waals surface area contributed by atoms with Crippen LogP contribution in [0.5, 0.6) is 0 Å². The number of rotatable bonds is 4. The Morgan fingerprint density at radius 1 is 1.00 bits per heavy atom. The van der Waals surface area contributed by atoms with Gasteiger partial charge in [0, 0.05) is 23.5 Å². The minimum Gasteiger partial charge on any atom is -0.263 e. The van der Waals surface area contributed by atoms with Crippen molar-refractivity contribution in [1.82, 2.24) is 4.98 Å². The first-order chi connectivity index (χ1) is 12.4. The maximum absolute atomic E-state index is 11.3. The molecule has 0 saturated heterocycles. The van der Waals surface area contributed by atoms with Crippen LogP contribution in [0.15, 0.2) is 60.9 Å². The molecule has 7 heteroatoms. The van der Waals surface area contributed by atoms with Crippen molar-refractivity contribution in [3.63, 3.8) is 0 Å². The zero-order chi connectivity index (χ0) is 18.7. The SMILES string of the molecule is N#Cc1ccc(-c2cncc(-c3cccc(CS(N)(=O)=O)c3)c2)cc1Cl. The second-order valence-corrected chi connectivity index (χ2v) is 7.80. The van der Waals surface area contributed by atoms with Gasteiger partial charge in [0.15, 0.2) is 0 Å². The fraction of sp³-hybridized carbons (Fsp3) is 0.0526. The van der Waals surface area contributed by atoms with Crippen LogP contribution in [0.4, 0.5) is 0 Å². The molecule has 0 spiro atoms. The van der Waals surface area contributed by atoms with E-state index >= 15 is 0 Å². The van der Waals surface area contributed by atoms with Gasteiger partial charge in [-0.1, -0.05) is 41.9 Å². The van der Waals surface area contributed by atoms with Crippen LogP contribution < -0.4 is 5.14 Å². The number of benzene rings is 2. The van der Waals surface area contributed by atoms with Crippen molar-refractivity contribution in [2.24, 2.45) is 5.14 Å². The number of sulfonamides is 1. The topological polar surface area (TPSA) is 96.8 Å². The van der Waals surface area contributed by atoms with Crippen molar-refractivity contribution in [1.29, 1.82) is 5.26 Å². The molecule has 2 aromatic carbocycles. The number of nitrogens with zero attached hydrogens (tertiary/aromatic N) is 2. The molecule has 0 aliphatic rings. The van der Waals surface area contributed by atoms with Crippen molar-refractivity contribution >= 4 is 21.6 Å². The zero-order valence-electron chi connectivity index (χ0n) is 13.6. The van der Waals surface area contributed by atoms with Gasteiger partial charge < -0.3 is 0 Å². The third-order valence-corrected chi connectivity index (χ3v) is 4.84. The summed E-state index contributed by atoms with van der Waals surface area (Å²) in [5, 5.41) is 14.5. The number of nitrogens with two attached hydrogens (primary N) is 1. The van der Waals surface area contributed by atoms with E-state index in [2.05, 4.69) is 4.98 Å². The van der Waals surface area contributed by atoms with Gasteiger partial charge in [0.25, 0.3) is 0 Å². The van der Waals surface area contributed by atoms with Crippen LogP contribution in [0, 0.1) is 11.3 Å². The summed E-state index contributed by atoms with van der Waals surface area (Å²) >= 11 is 6.11. The molecule has 0 radical (unpaired) electrons. The van der Waals surface area contributed by atoms with E-state index < -0.39 is 10.0 Å². The van der Waals surface area contributed by atoms with E-state index in [1.165, 1.54) is 0 Å². The summed E-state index contributed by atoms with van der Waals surface area (Å²) in [6, 6.07) is 16.3. The number of primary sulfonamides is 1. The molecule has 1 aromatic heterocycles. The Balaban J connectivity index is 1.99. The van der Waals surface area contributed by atoms with Gasteiger partial charge in [0.05, 0.1) is 16.3 Å². The summed E-state index contributed by atoms with van der Waals surface area (Å²) in [5.41, 5.74) is 4.36. The normalized spacial score (nSPS) is 11.1. The van der Waals surface area contributed by atoms with Crippen LogP contribution in [0.1, 0.15) is 11.1 Å². The lowest BCUT2D eigenvalue weighted by molar-refractivity contribution is 0.597. The van der Waals surface area contributed by atoms with E-state index in [-0.39, 0.29) is 5.75 Å². The molecule has 2 N–H and O–H groups in total. The Bertz CT molecular complexity index is 1120. The van der Waals surface area contributed by atoms with Crippen molar-refractivity contribution in [3.05, 3.63) is 77.1 Å². The predicted molar refractivity (Wildman–Crippen MR) is 102 cm³/mol. The Morgan fingerprint density at radius 2 is 1.69 bits per heavy atom. The third kappa shape index (κ3) is 4.27. The molecule has 0 fully saturated rings.